The Bertz CT molecular complexity index is 454. The number of aromatic nitrogens is 5. The number of rotatable bonds is 3. The summed E-state index contributed by atoms with van der Waals surface area (Å²) in [6.45, 7) is 5.01. The Hall–Kier alpha value is -1.65. The van der Waals surface area contributed by atoms with Crippen LogP contribution in [-0.4, -0.2) is 24.5 Å². The van der Waals surface area contributed by atoms with Crippen LogP contribution < -0.4 is 0 Å². The maximum atomic E-state index is 4.26. The van der Waals surface area contributed by atoms with Crippen molar-refractivity contribution in [2.45, 2.75) is 26.8 Å². The summed E-state index contributed by atoms with van der Waals surface area (Å²) in [7, 11) is 1.88. The highest BCUT2D eigenvalue weighted by Crippen LogP contribution is 2.05. The second kappa shape index (κ2) is 3.84. The van der Waals surface area contributed by atoms with E-state index < -0.39 is 0 Å². The van der Waals surface area contributed by atoms with Crippen LogP contribution in [-0.2, 0) is 20.0 Å². The van der Waals surface area contributed by atoms with Gasteiger partial charge in [0, 0.05) is 31.9 Å². The summed E-state index contributed by atoms with van der Waals surface area (Å²) in [6.07, 6.45) is 4.71. The van der Waals surface area contributed by atoms with Gasteiger partial charge in [0.05, 0.1) is 17.7 Å². The lowest BCUT2D eigenvalue weighted by Gasteiger charge is -2.02. The molecule has 0 atom stereocenters. The van der Waals surface area contributed by atoms with Gasteiger partial charge in [-0.05, 0) is 13.8 Å². The van der Waals surface area contributed by atoms with E-state index in [9.17, 15) is 0 Å². The zero-order valence-electron chi connectivity index (χ0n) is 9.30. The average Bonchev–Trinajstić information content (AvgIpc) is 2.74. The molecule has 2 rings (SSSR count). The van der Waals surface area contributed by atoms with Crippen LogP contribution in [0.25, 0.3) is 0 Å². The van der Waals surface area contributed by atoms with Crippen LogP contribution in [0.2, 0.25) is 0 Å². The van der Waals surface area contributed by atoms with E-state index in [-0.39, 0.29) is 0 Å². The van der Waals surface area contributed by atoms with Crippen molar-refractivity contribution in [1.82, 2.24) is 24.5 Å². The highest BCUT2D eigenvalue weighted by atomic mass is 15.4. The van der Waals surface area contributed by atoms with Crippen LogP contribution in [0.4, 0.5) is 0 Å². The summed E-state index contributed by atoms with van der Waals surface area (Å²) in [5.74, 6) is 0. The van der Waals surface area contributed by atoms with Crippen molar-refractivity contribution in [3.05, 3.63) is 29.6 Å². The molecular formula is C10H15N5. The van der Waals surface area contributed by atoms with Gasteiger partial charge in [0.2, 0.25) is 0 Å². The summed E-state index contributed by atoms with van der Waals surface area (Å²) >= 11 is 0. The van der Waals surface area contributed by atoms with Crippen molar-refractivity contribution in [2.75, 3.05) is 0 Å². The fourth-order valence-electron chi connectivity index (χ4n) is 1.51. The minimum absolute atomic E-state index is 0.893. The molecule has 0 spiro atoms. The molecular weight excluding hydrogens is 190 g/mol. The Morgan fingerprint density at radius 3 is 2.67 bits per heavy atom. The highest BCUT2D eigenvalue weighted by Gasteiger charge is 2.03. The minimum atomic E-state index is 0.893. The molecule has 0 aromatic carbocycles. The molecule has 5 heteroatoms. The summed E-state index contributed by atoms with van der Waals surface area (Å²) in [5, 5.41) is 7.94. The molecule has 0 unspecified atom stereocenters. The zero-order chi connectivity index (χ0) is 10.8. The molecule has 0 bridgehead atoms. The minimum Gasteiger partial charge on any atom is -0.334 e. The van der Waals surface area contributed by atoms with E-state index in [1.807, 2.05) is 26.5 Å². The van der Waals surface area contributed by atoms with Crippen molar-refractivity contribution in [2.24, 2.45) is 7.05 Å². The van der Waals surface area contributed by atoms with Gasteiger partial charge in [0.25, 0.3) is 0 Å². The van der Waals surface area contributed by atoms with Crippen molar-refractivity contribution in [3.8, 4) is 0 Å². The molecule has 0 amide bonds. The van der Waals surface area contributed by atoms with Gasteiger partial charge in [-0.3, -0.25) is 4.68 Å². The van der Waals surface area contributed by atoms with E-state index in [0.717, 1.165) is 24.4 Å². The Balaban J connectivity index is 2.02. The van der Waals surface area contributed by atoms with Crippen LogP contribution in [0, 0.1) is 13.8 Å². The van der Waals surface area contributed by atoms with E-state index >= 15 is 0 Å². The molecule has 0 saturated heterocycles. The number of hydrogen-bond acceptors (Lipinski definition) is 3. The molecule has 0 radical (unpaired) electrons. The topological polar surface area (TPSA) is 48.5 Å². The first-order valence-corrected chi connectivity index (χ1v) is 5.00. The van der Waals surface area contributed by atoms with Gasteiger partial charge in [-0.25, -0.2) is 4.98 Å². The lowest BCUT2D eigenvalue weighted by Crippen LogP contribution is -2.02. The van der Waals surface area contributed by atoms with Gasteiger partial charge < -0.3 is 4.57 Å². The quantitative estimate of drug-likeness (QED) is 0.747. The highest BCUT2D eigenvalue weighted by molar-refractivity contribution is 5.08. The van der Waals surface area contributed by atoms with Crippen molar-refractivity contribution in [1.29, 1.82) is 0 Å². The number of nitrogens with zero attached hydrogens (tertiary/aromatic N) is 5. The van der Waals surface area contributed by atoms with Crippen LogP contribution in [0.15, 0.2) is 12.5 Å². The first kappa shape index (κ1) is 9.89. The molecule has 0 N–H and O–H groups in total. The molecule has 0 aliphatic heterocycles. The smallest absolute Gasteiger partial charge is 0.0951 e. The largest absolute Gasteiger partial charge is 0.334 e. The molecule has 2 aromatic rings. The van der Waals surface area contributed by atoms with Gasteiger partial charge in [0.1, 0.15) is 0 Å². The predicted octanol–water partition coefficient (Wildman–Crippen LogP) is 0.871. The van der Waals surface area contributed by atoms with Gasteiger partial charge in [-0.1, -0.05) is 5.21 Å². The maximum absolute atomic E-state index is 4.26. The normalized spacial score (nSPS) is 10.9. The molecule has 0 saturated carbocycles. The summed E-state index contributed by atoms with van der Waals surface area (Å²) in [5.41, 5.74) is 3.33. The van der Waals surface area contributed by atoms with Crippen molar-refractivity contribution in [3.63, 3.8) is 0 Å². The fraction of sp³-hybridized carbons (Fsp3) is 0.500. The van der Waals surface area contributed by atoms with E-state index in [4.69, 9.17) is 0 Å². The molecule has 15 heavy (non-hydrogen) atoms. The first-order chi connectivity index (χ1) is 7.16. The lowest BCUT2D eigenvalue weighted by atomic mass is 10.3. The SMILES string of the molecule is Cc1ncn(CCc2cn(C)nn2)c1C. The van der Waals surface area contributed by atoms with Crippen LogP contribution in [0.1, 0.15) is 17.1 Å². The Morgan fingerprint density at radius 2 is 2.13 bits per heavy atom. The van der Waals surface area contributed by atoms with Crippen LogP contribution in [0.5, 0.6) is 0 Å². The Kier molecular flexibility index (Phi) is 2.53. The van der Waals surface area contributed by atoms with E-state index in [1.165, 1.54) is 5.69 Å². The molecule has 0 aliphatic rings. The Labute approximate surface area is 88.7 Å². The monoisotopic (exact) mass is 205 g/mol. The molecule has 2 heterocycles. The first-order valence-electron chi connectivity index (χ1n) is 5.00. The third kappa shape index (κ3) is 2.06. The summed E-state index contributed by atoms with van der Waals surface area (Å²) < 4.78 is 3.87. The van der Waals surface area contributed by atoms with Crippen LogP contribution >= 0.6 is 0 Å². The third-order valence-electron chi connectivity index (χ3n) is 2.60. The predicted molar refractivity (Wildman–Crippen MR) is 56.4 cm³/mol. The van der Waals surface area contributed by atoms with Gasteiger partial charge in [0.15, 0.2) is 0 Å². The van der Waals surface area contributed by atoms with E-state index in [2.05, 4.69) is 26.8 Å². The molecule has 2 aromatic heterocycles. The second-order valence-corrected chi connectivity index (χ2v) is 3.74. The second-order valence-electron chi connectivity index (χ2n) is 3.74. The molecule has 0 aliphatic carbocycles. The van der Waals surface area contributed by atoms with Gasteiger partial charge in [-0.15, -0.1) is 5.10 Å². The molecule has 5 nitrogen and oxygen atoms in total. The van der Waals surface area contributed by atoms with Crippen molar-refractivity contribution < 1.29 is 0 Å². The Morgan fingerprint density at radius 1 is 1.33 bits per heavy atom. The molecule has 80 valence electrons. The summed E-state index contributed by atoms with van der Waals surface area (Å²) in [6, 6.07) is 0. The third-order valence-corrected chi connectivity index (χ3v) is 2.60. The number of hydrogen-bond donors (Lipinski definition) is 0. The van der Waals surface area contributed by atoms with E-state index in [0.29, 0.717) is 0 Å². The molecule has 0 fully saturated rings. The number of imidazole rings is 1. The fourth-order valence-corrected chi connectivity index (χ4v) is 1.51. The van der Waals surface area contributed by atoms with Gasteiger partial charge in [-0.2, -0.15) is 0 Å². The average molecular weight is 205 g/mol. The van der Waals surface area contributed by atoms with Gasteiger partial charge >= 0.3 is 0 Å². The number of aryl methyl sites for hydroxylation is 4. The lowest BCUT2D eigenvalue weighted by molar-refractivity contribution is 0.664. The van der Waals surface area contributed by atoms with Crippen LogP contribution in [0.3, 0.4) is 0 Å². The maximum Gasteiger partial charge on any atom is 0.0951 e. The summed E-state index contributed by atoms with van der Waals surface area (Å²) in [4.78, 5) is 4.26. The standard InChI is InChI=1S/C10H15N5/c1-8-9(2)15(7-11-8)5-4-10-6-14(3)13-12-10/h6-7H,4-5H2,1-3H3. The van der Waals surface area contributed by atoms with Crippen molar-refractivity contribution >= 4 is 0 Å². The zero-order valence-corrected chi connectivity index (χ0v) is 9.30. The van der Waals surface area contributed by atoms with E-state index in [1.54, 1.807) is 4.68 Å².